The Kier molecular flexibility index (Phi) is 6.20. The van der Waals surface area contributed by atoms with Crippen molar-refractivity contribution in [2.75, 3.05) is 11.9 Å². The molecular weight excluding hydrogens is 404 g/mol. The van der Waals surface area contributed by atoms with Crippen LogP contribution in [0.3, 0.4) is 0 Å². The third-order valence-corrected chi connectivity index (χ3v) is 6.15. The Morgan fingerprint density at radius 3 is 2.55 bits per heavy atom. The van der Waals surface area contributed by atoms with E-state index < -0.39 is 0 Å². The predicted molar refractivity (Wildman–Crippen MR) is 120 cm³/mol. The Morgan fingerprint density at radius 2 is 1.97 bits per heavy atom. The van der Waals surface area contributed by atoms with Crippen molar-refractivity contribution in [1.29, 1.82) is 5.26 Å². The second kappa shape index (κ2) is 8.64. The molecule has 1 amide bonds. The molecule has 1 saturated heterocycles. The van der Waals surface area contributed by atoms with Crippen LogP contribution in [0.1, 0.15) is 29.2 Å². The summed E-state index contributed by atoms with van der Waals surface area (Å²) in [5.41, 5.74) is 1.91. The number of hydrogen-bond donors (Lipinski definition) is 1. The molecule has 1 aliphatic rings. The van der Waals surface area contributed by atoms with Crippen molar-refractivity contribution >= 4 is 46.1 Å². The number of aromatic nitrogens is 1. The highest BCUT2D eigenvalue weighted by Crippen LogP contribution is 2.34. The fraction of sp³-hybridized carbons (Fsp3) is 0.238. The number of benzene rings is 1. The molecule has 2 heterocycles. The zero-order chi connectivity index (χ0) is 21.1. The van der Waals surface area contributed by atoms with Crippen LogP contribution in [-0.2, 0) is 18.4 Å². The quantitative estimate of drug-likeness (QED) is 0.586. The van der Waals surface area contributed by atoms with Crippen LogP contribution < -0.4 is 10.9 Å². The number of likely N-dealkylation sites (N-methyl/N-ethyl adjacent to an activating group) is 1. The maximum atomic E-state index is 12.7. The van der Waals surface area contributed by atoms with Crippen LogP contribution in [0, 0.1) is 18.3 Å². The number of nitriles is 1. The van der Waals surface area contributed by atoms with Crippen LogP contribution in [-0.4, -0.2) is 26.2 Å². The molecule has 2 aromatic rings. The average Bonchev–Trinajstić information content (AvgIpc) is 2.99. The van der Waals surface area contributed by atoms with E-state index in [0.29, 0.717) is 39.3 Å². The van der Waals surface area contributed by atoms with Crippen molar-refractivity contribution in [2.24, 2.45) is 7.05 Å². The first kappa shape index (κ1) is 20.8. The van der Waals surface area contributed by atoms with Gasteiger partial charge in [0.25, 0.3) is 11.5 Å². The van der Waals surface area contributed by atoms with Gasteiger partial charge in [0.2, 0.25) is 0 Å². The normalized spacial score (nSPS) is 15.1. The summed E-state index contributed by atoms with van der Waals surface area (Å²) in [5, 5.41) is 12.8. The summed E-state index contributed by atoms with van der Waals surface area (Å²) in [5.74, 6) is 0.389. The molecule has 0 aliphatic carbocycles. The smallest absolute Gasteiger partial charge is 0.270 e. The molecule has 1 fully saturated rings. The van der Waals surface area contributed by atoms with Crippen molar-refractivity contribution < 1.29 is 4.79 Å². The second-order valence-corrected chi connectivity index (χ2v) is 8.18. The Morgan fingerprint density at radius 1 is 1.28 bits per heavy atom. The first-order valence-electron chi connectivity index (χ1n) is 9.05. The van der Waals surface area contributed by atoms with Gasteiger partial charge in [-0.1, -0.05) is 54.3 Å². The van der Waals surface area contributed by atoms with Crippen LogP contribution in [0.5, 0.6) is 0 Å². The van der Waals surface area contributed by atoms with Crippen molar-refractivity contribution in [3.05, 3.63) is 67.8 Å². The van der Waals surface area contributed by atoms with E-state index >= 15 is 0 Å². The van der Waals surface area contributed by atoms with Crippen molar-refractivity contribution in [2.45, 2.75) is 20.4 Å². The number of hydrogen-bond acceptors (Lipinski definition) is 6. The number of nitrogens with one attached hydrogen (secondary N) is 1. The van der Waals surface area contributed by atoms with Gasteiger partial charge in [0.05, 0.1) is 4.91 Å². The molecule has 29 heavy (non-hydrogen) atoms. The summed E-state index contributed by atoms with van der Waals surface area (Å²) in [4.78, 5) is 27.3. The molecule has 0 spiro atoms. The molecule has 1 N–H and O–H groups in total. The van der Waals surface area contributed by atoms with Crippen LogP contribution in [0.15, 0.2) is 40.0 Å². The zero-order valence-electron chi connectivity index (χ0n) is 16.4. The number of nitrogens with zero attached hydrogens (tertiary/aromatic N) is 3. The highest BCUT2D eigenvalue weighted by Gasteiger charge is 2.31. The third-order valence-electron chi connectivity index (χ3n) is 4.77. The minimum Gasteiger partial charge on any atom is -0.367 e. The summed E-state index contributed by atoms with van der Waals surface area (Å²) >= 11 is 6.52. The Labute approximate surface area is 178 Å². The highest BCUT2D eigenvalue weighted by atomic mass is 32.2. The molecule has 0 saturated carbocycles. The maximum Gasteiger partial charge on any atom is 0.270 e. The van der Waals surface area contributed by atoms with E-state index in [1.165, 1.54) is 21.2 Å². The van der Waals surface area contributed by atoms with Gasteiger partial charge in [-0.05, 0) is 31.1 Å². The standard InChI is InChI=1S/C21H20N4O2S2/c1-4-25-20(27)17(29-21(25)28)10-15-13(2)16(11-22)19(26)24(3)18(15)23-12-14-8-6-5-7-9-14/h5-10,23H,4,12H2,1-3H3/b17-10-. The van der Waals surface area contributed by atoms with E-state index in [1.54, 1.807) is 20.0 Å². The van der Waals surface area contributed by atoms with Gasteiger partial charge >= 0.3 is 0 Å². The number of pyridine rings is 1. The van der Waals surface area contributed by atoms with Crippen molar-refractivity contribution in [3.8, 4) is 6.07 Å². The number of carbonyl (C=O) groups excluding carboxylic acids is 1. The number of carbonyl (C=O) groups is 1. The van der Waals surface area contributed by atoms with E-state index in [4.69, 9.17) is 12.2 Å². The van der Waals surface area contributed by atoms with Crippen LogP contribution in [0.2, 0.25) is 0 Å². The lowest BCUT2D eigenvalue weighted by Crippen LogP contribution is -2.27. The lowest BCUT2D eigenvalue weighted by molar-refractivity contribution is -0.121. The molecule has 8 heteroatoms. The molecule has 0 unspecified atom stereocenters. The predicted octanol–water partition coefficient (Wildman–Crippen LogP) is 3.40. The second-order valence-electron chi connectivity index (χ2n) is 6.50. The molecule has 148 valence electrons. The van der Waals surface area contributed by atoms with Crippen molar-refractivity contribution in [3.63, 3.8) is 0 Å². The van der Waals surface area contributed by atoms with Crippen LogP contribution in [0.4, 0.5) is 5.82 Å². The first-order valence-corrected chi connectivity index (χ1v) is 10.3. The first-order chi connectivity index (χ1) is 13.9. The molecule has 0 bridgehead atoms. The lowest BCUT2D eigenvalue weighted by atomic mass is 10.0. The average molecular weight is 425 g/mol. The zero-order valence-corrected chi connectivity index (χ0v) is 18.0. The van der Waals surface area contributed by atoms with Gasteiger partial charge in [-0.15, -0.1) is 0 Å². The van der Waals surface area contributed by atoms with Gasteiger partial charge in [0.15, 0.2) is 0 Å². The van der Waals surface area contributed by atoms with E-state index in [1.807, 2.05) is 43.3 Å². The third kappa shape index (κ3) is 3.97. The molecular formula is C21H20N4O2S2. The molecule has 1 aromatic heterocycles. The summed E-state index contributed by atoms with van der Waals surface area (Å²) in [6.07, 6.45) is 1.72. The van der Waals surface area contributed by atoms with Gasteiger partial charge < -0.3 is 5.32 Å². The number of thioether (sulfide) groups is 1. The monoisotopic (exact) mass is 424 g/mol. The number of anilines is 1. The van der Waals surface area contributed by atoms with Crippen molar-refractivity contribution in [1.82, 2.24) is 9.47 Å². The van der Waals surface area contributed by atoms with Gasteiger partial charge in [-0.3, -0.25) is 19.1 Å². The van der Waals surface area contributed by atoms with Gasteiger partial charge in [0.1, 0.15) is 21.8 Å². The van der Waals surface area contributed by atoms with Gasteiger partial charge in [0, 0.05) is 25.7 Å². The van der Waals surface area contributed by atoms with E-state index in [-0.39, 0.29) is 17.0 Å². The fourth-order valence-corrected chi connectivity index (χ4v) is 4.50. The summed E-state index contributed by atoms with van der Waals surface area (Å²) < 4.78 is 1.92. The number of thiocarbonyl (C=S) groups is 1. The summed E-state index contributed by atoms with van der Waals surface area (Å²) in [6, 6.07) is 11.8. The van der Waals surface area contributed by atoms with E-state index in [2.05, 4.69) is 5.32 Å². The summed E-state index contributed by atoms with van der Waals surface area (Å²) in [7, 11) is 1.62. The molecule has 1 aromatic carbocycles. The lowest BCUT2D eigenvalue weighted by Gasteiger charge is -2.18. The van der Waals surface area contributed by atoms with Gasteiger partial charge in [-0.2, -0.15) is 5.26 Å². The minimum atomic E-state index is -0.376. The molecule has 6 nitrogen and oxygen atoms in total. The van der Waals surface area contributed by atoms with Gasteiger partial charge in [-0.25, -0.2) is 0 Å². The van der Waals surface area contributed by atoms with Crippen LogP contribution >= 0.6 is 24.0 Å². The Balaban J connectivity index is 2.12. The highest BCUT2D eigenvalue weighted by molar-refractivity contribution is 8.26. The molecule has 0 radical (unpaired) electrons. The largest absolute Gasteiger partial charge is 0.367 e. The molecule has 1 aliphatic heterocycles. The SMILES string of the molecule is CCN1C(=O)/C(=C/c2c(C)c(C#N)c(=O)n(C)c2NCc2ccccc2)SC1=S. The topological polar surface area (TPSA) is 78.1 Å². The van der Waals surface area contributed by atoms with E-state index in [0.717, 1.165) is 5.56 Å². The minimum absolute atomic E-state index is 0.0648. The maximum absolute atomic E-state index is 12.7. The Bertz CT molecular complexity index is 1110. The number of rotatable bonds is 5. The summed E-state index contributed by atoms with van der Waals surface area (Å²) in [6.45, 7) is 4.58. The number of amides is 1. The molecule has 3 rings (SSSR count). The van der Waals surface area contributed by atoms with Crippen LogP contribution in [0.25, 0.3) is 6.08 Å². The van der Waals surface area contributed by atoms with E-state index in [9.17, 15) is 14.9 Å². The fourth-order valence-electron chi connectivity index (χ4n) is 3.13. The Hall–Kier alpha value is -2.89. The molecule has 0 atom stereocenters.